The van der Waals surface area contributed by atoms with Gasteiger partial charge in [-0.05, 0) is 80.1 Å². The fourth-order valence-corrected chi connectivity index (χ4v) is 9.92. The first kappa shape index (κ1) is 41.2. The number of benzene rings is 2. The standard InChI is InChI=1S/C44H44ClN11O5S/c1-25-32(4-3-7-35(25)52-42-38-27(12-14-49-42)18-26(21-50-38)20-48-22-30-8-11-36(57)51-30)33-5-2-6-34(37(33)45)44-53-39-40(61-44)29(19-46)24-56(41(39)47)17-16-55-15-13-28(23-55)43(58)54-62(59,60)31-9-10-31/h2-7,12,14,18,21,24,28,30-31,47-48H,8-11,13,15-17,20,22-23H2,1H3,(H,49,52)(H,51,57)(H,54,58)/t28-,30+/m1/s1. The van der Waals surface area contributed by atoms with Crippen molar-refractivity contribution in [3.8, 4) is 28.7 Å². The summed E-state index contributed by atoms with van der Waals surface area (Å²) in [4.78, 5) is 40.4. The van der Waals surface area contributed by atoms with E-state index in [9.17, 15) is 23.3 Å². The molecule has 2 saturated heterocycles. The van der Waals surface area contributed by atoms with E-state index in [4.69, 9.17) is 31.4 Å². The lowest BCUT2D eigenvalue weighted by atomic mass is 9.97. The molecular weight excluding hydrogens is 830 g/mol. The zero-order valence-corrected chi connectivity index (χ0v) is 35.4. The van der Waals surface area contributed by atoms with Crippen LogP contribution in [-0.2, 0) is 32.7 Å². The van der Waals surface area contributed by atoms with Crippen molar-refractivity contribution in [1.82, 2.24) is 39.8 Å². The number of aromatic nitrogens is 4. The molecule has 3 fully saturated rings. The third-order valence-corrected chi connectivity index (χ3v) is 14.1. The molecule has 18 heteroatoms. The molecule has 3 aliphatic rings. The average Bonchev–Trinajstić information content (AvgIpc) is 3.64. The molecule has 62 heavy (non-hydrogen) atoms. The largest absolute Gasteiger partial charge is 0.434 e. The zero-order chi connectivity index (χ0) is 43.1. The van der Waals surface area contributed by atoms with E-state index in [1.165, 1.54) is 0 Å². The molecule has 16 nitrogen and oxygen atoms in total. The van der Waals surface area contributed by atoms with Crippen LogP contribution in [0.15, 0.2) is 71.5 Å². The van der Waals surface area contributed by atoms with Crippen molar-refractivity contribution in [2.75, 3.05) is 31.5 Å². The van der Waals surface area contributed by atoms with Gasteiger partial charge in [-0.15, -0.1) is 0 Å². The molecular formula is C44H44ClN11O5S. The molecule has 6 heterocycles. The summed E-state index contributed by atoms with van der Waals surface area (Å²) >= 11 is 7.17. The van der Waals surface area contributed by atoms with Gasteiger partial charge in [-0.25, -0.2) is 18.4 Å². The minimum Gasteiger partial charge on any atom is -0.434 e. The number of sulfonamides is 1. The van der Waals surface area contributed by atoms with Crippen molar-refractivity contribution < 1.29 is 22.4 Å². The molecule has 6 aromatic rings. The van der Waals surface area contributed by atoms with Crippen molar-refractivity contribution >= 4 is 66.9 Å². The Kier molecular flexibility index (Phi) is 11.2. The van der Waals surface area contributed by atoms with Gasteiger partial charge in [-0.1, -0.05) is 35.9 Å². The normalized spacial score (nSPS) is 18.0. The van der Waals surface area contributed by atoms with Gasteiger partial charge in [0, 0.05) is 80.4 Å². The Morgan fingerprint density at radius 1 is 1.06 bits per heavy atom. The number of anilines is 2. The Bertz CT molecular complexity index is 2980. The fourth-order valence-electron chi connectivity index (χ4n) is 8.24. The van der Waals surface area contributed by atoms with E-state index in [2.05, 4.69) is 42.7 Å². The Labute approximate surface area is 362 Å². The van der Waals surface area contributed by atoms with Gasteiger partial charge in [0.05, 0.1) is 21.8 Å². The van der Waals surface area contributed by atoms with Crippen LogP contribution in [0, 0.1) is 29.6 Å². The van der Waals surface area contributed by atoms with Gasteiger partial charge in [0.1, 0.15) is 17.1 Å². The van der Waals surface area contributed by atoms with Gasteiger partial charge in [0.15, 0.2) is 22.4 Å². The summed E-state index contributed by atoms with van der Waals surface area (Å²) in [5, 5.41) is 29.9. The minimum absolute atomic E-state index is 0.0555. The second kappa shape index (κ2) is 16.9. The molecule has 9 rings (SSSR count). The van der Waals surface area contributed by atoms with E-state index in [-0.39, 0.29) is 40.0 Å². The van der Waals surface area contributed by atoms with Gasteiger partial charge in [0.2, 0.25) is 27.7 Å². The summed E-state index contributed by atoms with van der Waals surface area (Å²) in [6.45, 7) is 5.14. The average molecular weight is 874 g/mol. The first-order valence-corrected chi connectivity index (χ1v) is 22.5. The summed E-state index contributed by atoms with van der Waals surface area (Å²) < 4.78 is 34.7. The van der Waals surface area contributed by atoms with Crippen molar-refractivity contribution in [3.05, 3.63) is 94.3 Å². The van der Waals surface area contributed by atoms with Crippen LogP contribution in [0.2, 0.25) is 5.02 Å². The summed E-state index contributed by atoms with van der Waals surface area (Å²) in [5.41, 5.74) is 6.22. The van der Waals surface area contributed by atoms with Crippen molar-refractivity contribution in [1.29, 1.82) is 10.7 Å². The number of nitrogens with one attached hydrogen (secondary N) is 5. The van der Waals surface area contributed by atoms with Gasteiger partial charge in [0.25, 0.3) is 0 Å². The molecule has 2 amide bonds. The molecule has 1 aliphatic carbocycles. The van der Waals surface area contributed by atoms with E-state index < -0.39 is 27.1 Å². The Hall–Kier alpha value is -6.19. The number of rotatable bonds is 14. The van der Waals surface area contributed by atoms with Crippen LogP contribution in [0.1, 0.15) is 48.8 Å². The maximum absolute atomic E-state index is 12.7. The number of halogens is 1. The van der Waals surface area contributed by atoms with Crippen molar-refractivity contribution in [3.63, 3.8) is 0 Å². The van der Waals surface area contributed by atoms with Crippen LogP contribution in [-0.4, -0.2) is 82.1 Å². The molecule has 2 aliphatic heterocycles. The van der Waals surface area contributed by atoms with Crippen LogP contribution in [0.25, 0.3) is 44.6 Å². The maximum Gasteiger partial charge on any atom is 0.237 e. The molecule has 1 saturated carbocycles. The lowest BCUT2D eigenvalue weighted by molar-refractivity contribution is -0.123. The first-order valence-electron chi connectivity index (χ1n) is 20.6. The van der Waals surface area contributed by atoms with E-state index in [1.54, 1.807) is 23.0 Å². The molecule has 5 N–H and O–H groups in total. The summed E-state index contributed by atoms with van der Waals surface area (Å²) in [7, 11) is -3.61. The van der Waals surface area contributed by atoms with Gasteiger partial charge in [-0.3, -0.25) is 24.7 Å². The SMILES string of the molecule is Cc1c(Nc2nccc3cc(CNC[C@@H]4CCC(=O)N4)cnc23)cccc1-c1cccc(-c2nc3c(=N)n(CCN4CC[C@@H](C(=O)NS(=O)(=O)C5CC5)C4)cc(C#N)c3o2)c1Cl. The van der Waals surface area contributed by atoms with Crippen LogP contribution >= 0.6 is 11.6 Å². The summed E-state index contributed by atoms with van der Waals surface area (Å²) in [6, 6.07) is 17.8. The van der Waals surface area contributed by atoms with E-state index >= 15 is 0 Å². The lowest BCUT2D eigenvalue weighted by Gasteiger charge is -2.17. The highest BCUT2D eigenvalue weighted by Gasteiger charge is 2.39. The van der Waals surface area contributed by atoms with E-state index in [0.717, 1.165) is 45.3 Å². The zero-order valence-electron chi connectivity index (χ0n) is 33.9. The molecule has 2 atom stereocenters. The molecule has 2 aromatic carbocycles. The van der Waals surface area contributed by atoms with Gasteiger partial charge >= 0.3 is 0 Å². The highest BCUT2D eigenvalue weighted by Crippen LogP contribution is 2.40. The Morgan fingerprint density at radius 3 is 2.66 bits per heavy atom. The number of oxazole rings is 1. The van der Waals surface area contributed by atoms with Crippen LogP contribution in [0.5, 0.6) is 0 Å². The van der Waals surface area contributed by atoms with Crippen LogP contribution in [0.4, 0.5) is 11.5 Å². The monoisotopic (exact) mass is 873 g/mol. The molecule has 0 unspecified atom stereocenters. The predicted molar refractivity (Wildman–Crippen MR) is 234 cm³/mol. The number of carbonyl (C=O) groups is 2. The molecule has 0 spiro atoms. The molecule has 0 radical (unpaired) electrons. The second-order valence-corrected chi connectivity index (χ2v) is 18.5. The third-order valence-electron chi connectivity index (χ3n) is 11.9. The van der Waals surface area contributed by atoms with Crippen LogP contribution < -0.4 is 26.2 Å². The first-order chi connectivity index (χ1) is 29.9. The quantitative estimate of drug-likeness (QED) is 0.0946. The highest BCUT2D eigenvalue weighted by molar-refractivity contribution is 7.90. The predicted octanol–water partition coefficient (Wildman–Crippen LogP) is 5.26. The maximum atomic E-state index is 12.7. The Morgan fingerprint density at radius 2 is 1.87 bits per heavy atom. The number of amides is 2. The van der Waals surface area contributed by atoms with Crippen LogP contribution in [0.3, 0.4) is 0 Å². The molecule has 4 aromatic heterocycles. The second-order valence-electron chi connectivity index (χ2n) is 16.2. The molecule has 318 valence electrons. The summed E-state index contributed by atoms with van der Waals surface area (Å²) in [6.07, 6.45) is 8.25. The Balaban J connectivity index is 0.913. The topological polar surface area (TPSA) is 224 Å². The van der Waals surface area contributed by atoms with E-state index in [0.29, 0.717) is 81.4 Å². The lowest BCUT2D eigenvalue weighted by Crippen LogP contribution is -2.39. The number of likely N-dealkylation sites (tertiary alicyclic amines) is 1. The van der Waals surface area contributed by atoms with Crippen molar-refractivity contribution in [2.24, 2.45) is 5.92 Å². The number of hydrogen-bond donors (Lipinski definition) is 5. The number of hydrogen-bond acceptors (Lipinski definition) is 13. The summed E-state index contributed by atoms with van der Waals surface area (Å²) in [5.74, 6) is -0.0376. The number of nitrogens with zero attached hydrogens (tertiary/aromatic N) is 6. The smallest absolute Gasteiger partial charge is 0.237 e. The highest BCUT2D eigenvalue weighted by atomic mass is 35.5. The van der Waals surface area contributed by atoms with Gasteiger partial charge in [-0.2, -0.15) is 5.26 Å². The minimum atomic E-state index is -3.61. The number of carbonyl (C=O) groups excluding carboxylic acids is 2. The molecule has 0 bridgehead atoms. The third kappa shape index (κ3) is 8.38. The number of fused-ring (bicyclic) bond motifs is 2. The number of nitriles is 1. The van der Waals surface area contributed by atoms with Gasteiger partial charge < -0.3 is 29.8 Å². The van der Waals surface area contributed by atoms with Crippen molar-refractivity contribution in [2.45, 2.75) is 63.4 Å². The fraction of sp³-hybridized carbons (Fsp3) is 0.341. The van der Waals surface area contributed by atoms with E-state index in [1.807, 2.05) is 49.5 Å². The number of pyridine rings is 3.